The second-order valence-corrected chi connectivity index (χ2v) is 10.2. The van der Waals surface area contributed by atoms with Gasteiger partial charge in [0.25, 0.3) is 0 Å². The molecular formula is C29H30N2O5S. The number of aliphatic carboxylic acids is 1. The molecule has 0 bridgehead atoms. The summed E-state index contributed by atoms with van der Waals surface area (Å²) in [5.74, 6) is 0.670. The molecule has 1 aromatic heterocycles. The number of hydrogen-bond acceptors (Lipinski definition) is 7. The minimum absolute atomic E-state index is 0.168. The van der Waals surface area contributed by atoms with Crippen molar-refractivity contribution in [3.8, 4) is 17.2 Å². The molecule has 1 N–H and O–H groups in total. The Kier molecular flexibility index (Phi) is 7.58. The molecule has 1 unspecified atom stereocenters. The minimum Gasteiger partial charge on any atom is -0.493 e. The number of para-hydroxylation sites is 1. The fraction of sp³-hybridized carbons (Fsp3) is 0.310. The highest BCUT2D eigenvalue weighted by atomic mass is 32.1. The van der Waals surface area contributed by atoms with E-state index < -0.39 is 5.97 Å². The summed E-state index contributed by atoms with van der Waals surface area (Å²) in [6.07, 6.45) is 1.20. The van der Waals surface area contributed by atoms with Crippen LogP contribution in [0.15, 0.2) is 66.7 Å². The van der Waals surface area contributed by atoms with Gasteiger partial charge >= 0.3 is 5.97 Å². The lowest BCUT2D eigenvalue weighted by Crippen LogP contribution is -2.39. The van der Waals surface area contributed by atoms with Gasteiger partial charge in [0.1, 0.15) is 11.6 Å². The van der Waals surface area contributed by atoms with Crippen molar-refractivity contribution in [2.24, 2.45) is 5.92 Å². The lowest BCUT2D eigenvalue weighted by Gasteiger charge is -2.36. The topological polar surface area (TPSA) is 81.1 Å². The fourth-order valence-corrected chi connectivity index (χ4v) is 5.98. The van der Waals surface area contributed by atoms with Crippen LogP contribution in [0, 0.1) is 5.92 Å². The van der Waals surface area contributed by atoms with Gasteiger partial charge in [-0.2, -0.15) is 0 Å². The van der Waals surface area contributed by atoms with Gasteiger partial charge in [0.05, 0.1) is 36.4 Å². The summed E-state index contributed by atoms with van der Waals surface area (Å²) < 4.78 is 18.8. The Balaban J connectivity index is 1.53. The number of ether oxygens (including phenoxy) is 3. The van der Waals surface area contributed by atoms with Crippen LogP contribution in [0.25, 0.3) is 10.2 Å². The number of rotatable bonds is 9. The number of aromatic nitrogens is 1. The quantitative estimate of drug-likeness (QED) is 0.301. The van der Waals surface area contributed by atoms with Crippen molar-refractivity contribution in [3.05, 3.63) is 82.9 Å². The molecule has 1 aliphatic heterocycles. The highest BCUT2D eigenvalue weighted by molar-refractivity contribution is 7.18. The third-order valence-electron chi connectivity index (χ3n) is 6.81. The van der Waals surface area contributed by atoms with Crippen LogP contribution in [0.1, 0.15) is 35.0 Å². The number of carboxylic acid groups (broad SMARTS) is 1. The third-order valence-corrected chi connectivity index (χ3v) is 7.90. The van der Waals surface area contributed by atoms with E-state index in [9.17, 15) is 9.90 Å². The lowest BCUT2D eigenvalue weighted by atomic mass is 9.94. The summed E-state index contributed by atoms with van der Waals surface area (Å²) in [5, 5.41) is 10.5. The molecule has 5 rings (SSSR count). The Hall–Kier alpha value is -3.62. The van der Waals surface area contributed by atoms with Crippen molar-refractivity contribution < 1.29 is 24.1 Å². The zero-order valence-corrected chi connectivity index (χ0v) is 21.7. The van der Waals surface area contributed by atoms with Gasteiger partial charge in [-0.3, -0.25) is 9.69 Å². The number of hydrogen-bond donors (Lipinski definition) is 1. The number of benzene rings is 3. The van der Waals surface area contributed by atoms with Crippen LogP contribution in [0.5, 0.6) is 17.2 Å². The smallest absolute Gasteiger partial charge is 0.306 e. The normalized spacial score (nSPS) is 15.4. The van der Waals surface area contributed by atoms with Crippen LogP contribution in [-0.4, -0.2) is 48.3 Å². The molecule has 2 heterocycles. The van der Waals surface area contributed by atoms with Crippen molar-refractivity contribution in [1.29, 1.82) is 0 Å². The molecule has 0 saturated carbocycles. The molecule has 37 heavy (non-hydrogen) atoms. The molecule has 4 aromatic rings. The minimum atomic E-state index is -0.723. The van der Waals surface area contributed by atoms with E-state index in [4.69, 9.17) is 19.2 Å². The number of carbonyl (C=O) groups is 1. The monoisotopic (exact) mass is 518 g/mol. The fourth-order valence-electron chi connectivity index (χ4n) is 4.85. The number of nitrogens with zero attached hydrogens (tertiary/aromatic N) is 2. The van der Waals surface area contributed by atoms with Gasteiger partial charge < -0.3 is 19.3 Å². The highest BCUT2D eigenvalue weighted by Gasteiger charge is 2.33. The van der Waals surface area contributed by atoms with Crippen LogP contribution < -0.4 is 14.2 Å². The summed E-state index contributed by atoms with van der Waals surface area (Å²) in [7, 11) is 3.25. The molecule has 0 radical (unpaired) electrons. The summed E-state index contributed by atoms with van der Waals surface area (Å²) in [6, 6.07) is 21.9. The number of piperidine rings is 1. The van der Waals surface area contributed by atoms with Crippen LogP contribution in [0.3, 0.4) is 0 Å². The molecule has 0 aliphatic carbocycles. The Morgan fingerprint density at radius 3 is 2.30 bits per heavy atom. The van der Waals surface area contributed by atoms with E-state index in [0.717, 1.165) is 26.4 Å². The summed E-state index contributed by atoms with van der Waals surface area (Å²) >= 11 is 1.66. The number of likely N-dealkylation sites (tertiary alicyclic amines) is 1. The van der Waals surface area contributed by atoms with E-state index in [1.165, 1.54) is 0 Å². The van der Waals surface area contributed by atoms with Gasteiger partial charge in [-0.25, -0.2) is 4.98 Å². The number of methoxy groups -OCH3 is 2. The zero-order valence-electron chi connectivity index (χ0n) is 20.9. The van der Waals surface area contributed by atoms with Gasteiger partial charge in [0.15, 0.2) is 11.5 Å². The van der Waals surface area contributed by atoms with E-state index in [1.807, 2.05) is 60.7 Å². The molecule has 1 aliphatic rings. The maximum atomic E-state index is 11.6. The summed E-state index contributed by atoms with van der Waals surface area (Å²) in [5.41, 5.74) is 2.97. The van der Waals surface area contributed by atoms with E-state index in [2.05, 4.69) is 11.0 Å². The predicted octanol–water partition coefficient (Wildman–Crippen LogP) is 5.78. The average molecular weight is 519 g/mol. The predicted molar refractivity (Wildman–Crippen MR) is 144 cm³/mol. The first kappa shape index (κ1) is 25.0. The van der Waals surface area contributed by atoms with E-state index in [1.54, 1.807) is 25.6 Å². The zero-order chi connectivity index (χ0) is 25.8. The highest BCUT2D eigenvalue weighted by Crippen LogP contribution is 2.44. The van der Waals surface area contributed by atoms with Crippen LogP contribution in [-0.2, 0) is 11.4 Å². The van der Waals surface area contributed by atoms with E-state index in [0.29, 0.717) is 49.8 Å². The molecule has 0 spiro atoms. The number of thiazole rings is 1. The molecule has 1 atom stereocenters. The van der Waals surface area contributed by atoms with Crippen molar-refractivity contribution in [3.63, 3.8) is 0 Å². The van der Waals surface area contributed by atoms with Crippen molar-refractivity contribution in [2.75, 3.05) is 27.3 Å². The first-order valence-electron chi connectivity index (χ1n) is 12.3. The van der Waals surface area contributed by atoms with Gasteiger partial charge in [-0.05, 0) is 61.3 Å². The average Bonchev–Trinajstić information content (AvgIpc) is 3.36. The molecule has 0 amide bonds. The number of carboxylic acids is 1. The van der Waals surface area contributed by atoms with Crippen LogP contribution >= 0.6 is 11.3 Å². The molecule has 1 fully saturated rings. The second-order valence-electron chi connectivity index (χ2n) is 9.10. The van der Waals surface area contributed by atoms with Crippen molar-refractivity contribution in [1.82, 2.24) is 9.88 Å². The van der Waals surface area contributed by atoms with Crippen molar-refractivity contribution >= 4 is 27.5 Å². The van der Waals surface area contributed by atoms with Crippen molar-refractivity contribution in [2.45, 2.75) is 25.5 Å². The Bertz CT molecular complexity index is 1310. The molecule has 192 valence electrons. The molecule has 1 saturated heterocycles. The van der Waals surface area contributed by atoms with Gasteiger partial charge in [0.2, 0.25) is 5.75 Å². The summed E-state index contributed by atoms with van der Waals surface area (Å²) in [6.45, 7) is 1.71. The Labute approximate surface area is 220 Å². The Morgan fingerprint density at radius 2 is 1.68 bits per heavy atom. The SMILES string of the molecule is COc1cc(C(c2nc3ccccc3s2)N2CCC(C(=O)O)CC2)cc(OC)c1OCc1ccccc1. The molecule has 3 aromatic carbocycles. The first-order valence-corrected chi connectivity index (χ1v) is 13.1. The largest absolute Gasteiger partial charge is 0.493 e. The molecule has 7 nitrogen and oxygen atoms in total. The van der Waals surface area contributed by atoms with Crippen LogP contribution in [0.2, 0.25) is 0 Å². The van der Waals surface area contributed by atoms with Gasteiger partial charge in [0, 0.05) is 0 Å². The van der Waals surface area contributed by atoms with E-state index in [-0.39, 0.29) is 12.0 Å². The van der Waals surface area contributed by atoms with Gasteiger partial charge in [-0.1, -0.05) is 42.5 Å². The second kappa shape index (κ2) is 11.2. The van der Waals surface area contributed by atoms with Gasteiger partial charge in [-0.15, -0.1) is 11.3 Å². The maximum Gasteiger partial charge on any atom is 0.306 e. The Morgan fingerprint density at radius 1 is 1.03 bits per heavy atom. The maximum absolute atomic E-state index is 11.6. The molecule has 8 heteroatoms. The molecular weight excluding hydrogens is 488 g/mol. The standard InChI is InChI=1S/C29H30N2O5S/c1-34-23-16-21(17-24(35-2)27(23)36-18-19-8-4-3-5-9-19)26(31-14-12-20(13-15-31)29(32)33)28-30-22-10-6-7-11-25(22)37-28/h3-11,16-17,20,26H,12-15,18H2,1-2H3,(H,32,33). The first-order chi connectivity index (χ1) is 18.1. The summed E-state index contributed by atoms with van der Waals surface area (Å²) in [4.78, 5) is 18.9. The van der Waals surface area contributed by atoms with Crippen LogP contribution in [0.4, 0.5) is 0 Å². The lowest BCUT2D eigenvalue weighted by molar-refractivity contribution is -0.143. The van der Waals surface area contributed by atoms with E-state index >= 15 is 0 Å². The number of fused-ring (bicyclic) bond motifs is 1. The third kappa shape index (κ3) is 5.40.